The van der Waals surface area contributed by atoms with E-state index in [2.05, 4.69) is 5.32 Å². The summed E-state index contributed by atoms with van der Waals surface area (Å²) in [5.74, 6) is -0.468. The maximum atomic E-state index is 11.6. The minimum Gasteiger partial charge on any atom is -0.319 e. The minimum atomic E-state index is -1.08. The summed E-state index contributed by atoms with van der Waals surface area (Å²) in [5, 5.41) is 13.3. The van der Waals surface area contributed by atoms with Crippen LogP contribution in [0.5, 0.6) is 0 Å². The Morgan fingerprint density at radius 2 is 2.06 bits per heavy atom. The first-order chi connectivity index (χ1) is 7.71. The second-order valence-corrected chi connectivity index (χ2v) is 4.45. The highest BCUT2D eigenvalue weighted by molar-refractivity contribution is 5.98. The number of carbonyl (C=O) groups excluding carboxylic acids is 1. The number of amides is 1. The van der Waals surface area contributed by atoms with Crippen molar-refractivity contribution in [3.05, 3.63) is 33.9 Å². The van der Waals surface area contributed by atoms with Gasteiger partial charge in [-0.1, -0.05) is 6.07 Å². The Hall–Kier alpha value is -1.95. The van der Waals surface area contributed by atoms with E-state index in [4.69, 9.17) is 5.73 Å². The Bertz CT molecular complexity index is 464. The molecule has 0 radical (unpaired) electrons. The molecule has 0 bridgehead atoms. The average molecular weight is 237 g/mol. The number of anilines is 1. The van der Waals surface area contributed by atoms with Gasteiger partial charge in [0.15, 0.2) is 0 Å². The van der Waals surface area contributed by atoms with Gasteiger partial charge in [0.1, 0.15) is 5.69 Å². The Morgan fingerprint density at radius 1 is 1.47 bits per heavy atom. The Morgan fingerprint density at radius 3 is 2.53 bits per heavy atom. The van der Waals surface area contributed by atoms with E-state index in [9.17, 15) is 14.9 Å². The Balaban J connectivity index is 3.07. The molecule has 3 N–H and O–H groups in total. The van der Waals surface area contributed by atoms with E-state index in [0.717, 1.165) is 5.56 Å². The third-order valence-corrected chi connectivity index (χ3v) is 2.18. The van der Waals surface area contributed by atoms with Crippen LogP contribution >= 0.6 is 0 Å². The third-order valence-electron chi connectivity index (χ3n) is 2.18. The lowest BCUT2D eigenvalue weighted by atomic mass is 10.1. The van der Waals surface area contributed by atoms with E-state index < -0.39 is 16.4 Å². The molecule has 1 rings (SSSR count). The highest BCUT2D eigenvalue weighted by atomic mass is 16.6. The van der Waals surface area contributed by atoms with Gasteiger partial charge in [-0.2, -0.15) is 0 Å². The van der Waals surface area contributed by atoms with Crippen LogP contribution in [0, 0.1) is 17.0 Å². The van der Waals surface area contributed by atoms with Crippen LogP contribution in [-0.2, 0) is 4.79 Å². The first-order valence-electron chi connectivity index (χ1n) is 5.07. The summed E-state index contributed by atoms with van der Waals surface area (Å²) in [4.78, 5) is 21.9. The van der Waals surface area contributed by atoms with Crippen molar-refractivity contribution in [1.82, 2.24) is 0 Å². The molecule has 0 aliphatic carbocycles. The number of hydrogen-bond acceptors (Lipinski definition) is 4. The van der Waals surface area contributed by atoms with Gasteiger partial charge in [0, 0.05) is 6.07 Å². The van der Waals surface area contributed by atoms with Gasteiger partial charge in [-0.05, 0) is 32.4 Å². The highest BCUT2D eigenvalue weighted by Gasteiger charge is 2.24. The zero-order chi connectivity index (χ0) is 13.2. The molecule has 0 saturated carbocycles. The quantitative estimate of drug-likeness (QED) is 0.615. The number of nitrogens with one attached hydrogen (secondary N) is 1. The monoisotopic (exact) mass is 237 g/mol. The molecule has 92 valence electrons. The summed E-state index contributed by atoms with van der Waals surface area (Å²) in [6.45, 7) is 4.80. The van der Waals surface area contributed by atoms with E-state index in [1.54, 1.807) is 13.0 Å². The molecule has 6 heteroatoms. The van der Waals surface area contributed by atoms with Crippen molar-refractivity contribution in [1.29, 1.82) is 0 Å². The second kappa shape index (κ2) is 4.50. The normalized spacial score (nSPS) is 11.1. The van der Waals surface area contributed by atoms with Crippen molar-refractivity contribution in [2.45, 2.75) is 26.3 Å². The molecule has 0 fully saturated rings. The molecule has 1 amide bonds. The van der Waals surface area contributed by atoms with Crippen molar-refractivity contribution < 1.29 is 9.72 Å². The van der Waals surface area contributed by atoms with Crippen LogP contribution < -0.4 is 11.1 Å². The fourth-order valence-electron chi connectivity index (χ4n) is 1.18. The summed E-state index contributed by atoms with van der Waals surface area (Å²) in [6.07, 6.45) is 0. The predicted molar refractivity (Wildman–Crippen MR) is 64.7 cm³/mol. The predicted octanol–water partition coefficient (Wildman–Crippen LogP) is 1.58. The van der Waals surface area contributed by atoms with E-state index in [1.165, 1.54) is 26.0 Å². The fourth-order valence-corrected chi connectivity index (χ4v) is 1.18. The summed E-state index contributed by atoms with van der Waals surface area (Å²) >= 11 is 0. The molecule has 0 aliphatic heterocycles. The molecule has 0 spiro atoms. The molecule has 0 unspecified atom stereocenters. The summed E-state index contributed by atoms with van der Waals surface area (Å²) in [7, 11) is 0. The van der Waals surface area contributed by atoms with Crippen LogP contribution in [-0.4, -0.2) is 16.4 Å². The van der Waals surface area contributed by atoms with E-state index in [-0.39, 0.29) is 11.4 Å². The zero-order valence-corrected chi connectivity index (χ0v) is 9.98. The van der Waals surface area contributed by atoms with Gasteiger partial charge in [-0.15, -0.1) is 0 Å². The first-order valence-corrected chi connectivity index (χ1v) is 5.07. The molecule has 0 heterocycles. The molecular weight excluding hydrogens is 222 g/mol. The Kier molecular flexibility index (Phi) is 3.47. The molecule has 6 nitrogen and oxygen atoms in total. The van der Waals surface area contributed by atoms with Gasteiger partial charge >= 0.3 is 0 Å². The second-order valence-electron chi connectivity index (χ2n) is 4.45. The van der Waals surface area contributed by atoms with E-state index in [0.29, 0.717) is 0 Å². The number of nitro groups is 1. The number of nitrogens with zero attached hydrogens (tertiary/aromatic N) is 1. The van der Waals surface area contributed by atoms with E-state index >= 15 is 0 Å². The smallest absolute Gasteiger partial charge is 0.293 e. The van der Waals surface area contributed by atoms with Gasteiger partial charge in [0.05, 0.1) is 10.5 Å². The SMILES string of the molecule is Cc1ccc(NC(=O)C(C)(C)N)c([N+](=O)[O-])c1. The maximum Gasteiger partial charge on any atom is 0.293 e. The number of aryl methyl sites for hydroxylation is 1. The van der Waals surface area contributed by atoms with Gasteiger partial charge in [-0.3, -0.25) is 14.9 Å². The molecule has 1 aromatic carbocycles. The highest BCUT2D eigenvalue weighted by Crippen LogP contribution is 2.25. The zero-order valence-electron chi connectivity index (χ0n) is 9.98. The average Bonchev–Trinajstić information content (AvgIpc) is 2.18. The maximum absolute atomic E-state index is 11.6. The molecule has 0 saturated heterocycles. The van der Waals surface area contributed by atoms with E-state index in [1.807, 2.05) is 0 Å². The summed E-state index contributed by atoms with van der Waals surface area (Å²) in [5.41, 5.74) is 5.29. The number of nitrogens with two attached hydrogens (primary N) is 1. The number of hydrogen-bond donors (Lipinski definition) is 2. The van der Waals surface area contributed by atoms with Crippen molar-refractivity contribution in [2.24, 2.45) is 5.73 Å². The Labute approximate surface area is 99.0 Å². The third kappa shape index (κ3) is 3.25. The van der Waals surface area contributed by atoms with Crippen LogP contribution in [0.2, 0.25) is 0 Å². The first kappa shape index (κ1) is 13.1. The number of carbonyl (C=O) groups is 1. The van der Waals surface area contributed by atoms with Gasteiger partial charge < -0.3 is 11.1 Å². The lowest BCUT2D eigenvalue weighted by molar-refractivity contribution is -0.384. The molecular formula is C11H15N3O3. The molecule has 17 heavy (non-hydrogen) atoms. The minimum absolute atomic E-state index is 0.136. The number of nitro benzene ring substituents is 1. The largest absolute Gasteiger partial charge is 0.319 e. The van der Waals surface area contributed by atoms with Crippen LogP contribution in [0.3, 0.4) is 0 Å². The number of benzene rings is 1. The lowest BCUT2D eigenvalue weighted by Gasteiger charge is -2.17. The molecule has 0 aromatic heterocycles. The van der Waals surface area contributed by atoms with Crippen LogP contribution in [0.25, 0.3) is 0 Å². The van der Waals surface area contributed by atoms with Gasteiger partial charge in [0.25, 0.3) is 5.69 Å². The van der Waals surface area contributed by atoms with Crippen molar-refractivity contribution in [2.75, 3.05) is 5.32 Å². The topological polar surface area (TPSA) is 98.3 Å². The molecule has 1 aromatic rings. The summed E-state index contributed by atoms with van der Waals surface area (Å²) in [6, 6.07) is 4.59. The molecule has 0 aliphatic rings. The fraction of sp³-hybridized carbons (Fsp3) is 0.364. The van der Waals surface area contributed by atoms with Gasteiger partial charge in [-0.25, -0.2) is 0 Å². The van der Waals surface area contributed by atoms with Crippen molar-refractivity contribution >= 4 is 17.3 Å². The number of rotatable bonds is 3. The van der Waals surface area contributed by atoms with Crippen LogP contribution in [0.15, 0.2) is 18.2 Å². The lowest BCUT2D eigenvalue weighted by Crippen LogP contribution is -2.45. The van der Waals surface area contributed by atoms with Crippen molar-refractivity contribution in [3.63, 3.8) is 0 Å². The standard InChI is InChI=1S/C11H15N3O3/c1-7-4-5-8(9(6-7)14(16)17)13-10(15)11(2,3)12/h4-6H,12H2,1-3H3,(H,13,15). The van der Waals surface area contributed by atoms with Crippen LogP contribution in [0.4, 0.5) is 11.4 Å². The van der Waals surface area contributed by atoms with Crippen molar-refractivity contribution in [3.8, 4) is 0 Å². The summed E-state index contributed by atoms with van der Waals surface area (Å²) < 4.78 is 0. The van der Waals surface area contributed by atoms with Gasteiger partial charge in [0.2, 0.25) is 5.91 Å². The van der Waals surface area contributed by atoms with Crippen LogP contribution in [0.1, 0.15) is 19.4 Å². The molecule has 0 atom stereocenters.